The molecule has 2 aromatic heterocycles. The maximum atomic E-state index is 13.1. The number of carboxylic acids is 1. The molecular formula is C14H10ClFN2O2S. The molecule has 3 rings (SSSR count). The van der Waals surface area contributed by atoms with Gasteiger partial charge in [-0.25, -0.2) is 9.37 Å². The number of nitrogens with zero attached hydrogens (tertiary/aromatic N) is 2. The van der Waals surface area contributed by atoms with E-state index in [0.29, 0.717) is 22.7 Å². The second-order valence-electron chi connectivity index (χ2n) is 4.52. The average molecular weight is 325 g/mol. The van der Waals surface area contributed by atoms with Crippen LogP contribution in [0.4, 0.5) is 4.39 Å². The van der Waals surface area contributed by atoms with Crippen LogP contribution in [0.3, 0.4) is 0 Å². The van der Waals surface area contributed by atoms with Crippen molar-refractivity contribution in [1.82, 2.24) is 9.38 Å². The second-order valence-corrected chi connectivity index (χ2v) is 5.77. The summed E-state index contributed by atoms with van der Waals surface area (Å²) in [6.07, 6.45) is 2.29. The van der Waals surface area contributed by atoms with Crippen molar-refractivity contribution in [2.45, 2.75) is 12.8 Å². The van der Waals surface area contributed by atoms with Gasteiger partial charge in [-0.1, -0.05) is 11.6 Å². The lowest BCUT2D eigenvalue weighted by molar-refractivity contribution is -0.136. The zero-order valence-electron chi connectivity index (χ0n) is 10.7. The molecule has 1 aromatic carbocycles. The molecule has 0 aliphatic heterocycles. The predicted octanol–water partition coefficient (Wildman–Crippen LogP) is 3.87. The number of carbonyl (C=O) groups is 1. The van der Waals surface area contributed by atoms with Crippen molar-refractivity contribution in [1.29, 1.82) is 0 Å². The Hall–Kier alpha value is -1.92. The number of fused-ring (bicyclic) bond motifs is 1. The van der Waals surface area contributed by atoms with E-state index in [1.54, 1.807) is 12.3 Å². The lowest BCUT2D eigenvalue weighted by atomic mass is 10.1. The summed E-state index contributed by atoms with van der Waals surface area (Å²) < 4.78 is 14.9. The number of aliphatic carboxylic acids is 1. The molecule has 0 radical (unpaired) electrons. The third kappa shape index (κ3) is 2.77. The number of hydrogen-bond acceptors (Lipinski definition) is 3. The molecule has 0 saturated heterocycles. The lowest BCUT2D eigenvalue weighted by Crippen LogP contribution is -1.99. The van der Waals surface area contributed by atoms with Gasteiger partial charge in [-0.05, 0) is 24.6 Å². The summed E-state index contributed by atoms with van der Waals surface area (Å²) in [7, 11) is 0. The normalized spacial score (nSPS) is 11.1. The Morgan fingerprint density at radius 3 is 3.00 bits per heavy atom. The fraction of sp³-hybridized carbons (Fsp3) is 0.143. The minimum atomic E-state index is -0.837. The van der Waals surface area contributed by atoms with Gasteiger partial charge in [0.25, 0.3) is 0 Å². The molecule has 108 valence electrons. The number of hydrogen-bond donors (Lipinski definition) is 1. The van der Waals surface area contributed by atoms with Crippen molar-refractivity contribution < 1.29 is 14.3 Å². The summed E-state index contributed by atoms with van der Waals surface area (Å²) in [5, 5.41) is 10.9. The minimum Gasteiger partial charge on any atom is -0.481 e. The van der Waals surface area contributed by atoms with Crippen LogP contribution in [0.5, 0.6) is 0 Å². The molecule has 0 atom stereocenters. The van der Waals surface area contributed by atoms with Crippen molar-refractivity contribution in [2.75, 3.05) is 0 Å². The Morgan fingerprint density at radius 2 is 2.29 bits per heavy atom. The van der Waals surface area contributed by atoms with E-state index >= 15 is 0 Å². The third-order valence-electron chi connectivity index (χ3n) is 3.09. The van der Waals surface area contributed by atoms with E-state index in [2.05, 4.69) is 4.98 Å². The number of benzene rings is 1. The molecule has 0 fully saturated rings. The zero-order valence-corrected chi connectivity index (χ0v) is 12.3. The van der Waals surface area contributed by atoms with Crippen LogP contribution < -0.4 is 0 Å². The molecule has 0 amide bonds. The molecule has 0 unspecified atom stereocenters. The monoisotopic (exact) mass is 324 g/mol. The SMILES string of the molecule is O=C(O)CCc1csc2nc(-c3ccc(F)cc3Cl)cn12. The highest BCUT2D eigenvalue weighted by atomic mass is 35.5. The quantitative estimate of drug-likeness (QED) is 0.792. The molecule has 21 heavy (non-hydrogen) atoms. The second kappa shape index (κ2) is 5.46. The number of rotatable bonds is 4. The molecule has 0 aliphatic carbocycles. The van der Waals surface area contributed by atoms with Crippen LogP contribution >= 0.6 is 22.9 Å². The van der Waals surface area contributed by atoms with Crippen molar-refractivity contribution in [3.63, 3.8) is 0 Å². The summed E-state index contributed by atoms with van der Waals surface area (Å²) in [5.41, 5.74) is 2.18. The standard InChI is InChI=1S/C14H10ClFN2O2S/c15-11-5-8(16)1-3-10(11)12-6-18-9(2-4-13(19)20)7-21-14(18)17-12/h1,3,5-7H,2,4H2,(H,19,20). The lowest BCUT2D eigenvalue weighted by Gasteiger charge is -2.00. The first-order valence-electron chi connectivity index (χ1n) is 6.17. The zero-order chi connectivity index (χ0) is 15.0. The Kier molecular flexibility index (Phi) is 3.65. The van der Waals surface area contributed by atoms with Gasteiger partial charge in [0.2, 0.25) is 0 Å². The minimum absolute atomic E-state index is 0.0661. The van der Waals surface area contributed by atoms with E-state index < -0.39 is 11.8 Å². The largest absolute Gasteiger partial charge is 0.481 e. The highest BCUT2D eigenvalue weighted by Gasteiger charge is 2.13. The first-order valence-corrected chi connectivity index (χ1v) is 7.43. The summed E-state index contributed by atoms with van der Waals surface area (Å²) >= 11 is 7.47. The molecule has 0 saturated carbocycles. The highest BCUT2D eigenvalue weighted by molar-refractivity contribution is 7.15. The number of halogens is 2. The van der Waals surface area contributed by atoms with E-state index in [1.165, 1.54) is 23.5 Å². The predicted molar refractivity (Wildman–Crippen MR) is 79.4 cm³/mol. The van der Waals surface area contributed by atoms with Crippen LogP contribution in [0.1, 0.15) is 12.1 Å². The number of thiazole rings is 1. The number of aromatic nitrogens is 2. The maximum Gasteiger partial charge on any atom is 0.303 e. The summed E-state index contributed by atoms with van der Waals surface area (Å²) in [6.45, 7) is 0. The fourth-order valence-electron chi connectivity index (χ4n) is 2.07. The summed E-state index contributed by atoms with van der Waals surface area (Å²) in [4.78, 5) is 15.9. The van der Waals surface area contributed by atoms with E-state index in [4.69, 9.17) is 16.7 Å². The maximum absolute atomic E-state index is 13.1. The van der Waals surface area contributed by atoms with Gasteiger partial charge < -0.3 is 5.11 Å². The number of aryl methyl sites for hydroxylation is 1. The average Bonchev–Trinajstić information content (AvgIpc) is 2.96. The summed E-state index contributed by atoms with van der Waals surface area (Å²) in [5.74, 6) is -1.23. The van der Waals surface area contributed by atoms with Crippen LogP contribution in [0, 0.1) is 5.82 Å². The molecular weight excluding hydrogens is 315 g/mol. The van der Waals surface area contributed by atoms with Crippen LogP contribution in [0.25, 0.3) is 16.2 Å². The van der Waals surface area contributed by atoms with Gasteiger partial charge in [0, 0.05) is 22.8 Å². The van der Waals surface area contributed by atoms with Crippen molar-refractivity contribution >= 4 is 33.9 Å². The number of imidazole rings is 1. The molecule has 4 nitrogen and oxygen atoms in total. The molecule has 3 aromatic rings. The fourth-order valence-corrected chi connectivity index (χ4v) is 3.24. The van der Waals surface area contributed by atoms with E-state index in [0.717, 1.165) is 10.7 Å². The van der Waals surface area contributed by atoms with Gasteiger partial charge >= 0.3 is 5.97 Å². The van der Waals surface area contributed by atoms with Gasteiger partial charge in [0.15, 0.2) is 4.96 Å². The molecule has 0 aliphatic rings. The van der Waals surface area contributed by atoms with Crippen molar-refractivity contribution in [3.8, 4) is 11.3 Å². The van der Waals surface area contributed by atoms with E-state index in [1.807, 2.05) is 9.78 Å². The third-order valence-corrected chi connectivity index (χ3v) is 4.29. The van der Waals surface area contributed by atoms with Crippen LogP contribution in [0.2, 0.25) is 5.02 Å². The molecule has 2 heterocycles. The van der Waals surface area contributed by atoms with Crippen LogP contribution in [-0.2, 0) is 11.2 Å². The molecule has 7 heteroatoms. The van der Waals surface area contributed by atoms with Crippen molar-refractivity contribution in [3.05, 3.63) is 46.3 Å². The van der Waals surface area contributed by atoms with Crippen LogP contribution in [-0.4, -0.2) is 20.5 Å². The number of carboxylic acid groups (broad SMARTS) is 1. The topological polar surface area (TPSA) is 54.6 Å². The van der Waals surface area contributed by atoms with Gasteiger partial charge in [-0.15, -0.1) is 11.3 Å². The van der Waals surface area contributed by atoms with Gasteiger partial charge in [0.05, 0.1) is 17.1 Å². The highest BCUT2D eigenvalue weighted by Crippen LogP contribution is 2.30. The van der Waals surface area contributed by atoms with Crippen molar-refractivity contribution in [2.24, 2.45) is 0 Å². The molecule has 1 N–H and O–H groups in total. The van der Waals surface area contributed by atoms with Gasteiger partial charge in [-0.3, -0.25) is 9.20 Å². The Bertz CT molecular complexity index is 828. The Morgan fingerprint density at radius 1 is 1.48 bits per heavy atom. The first kappa shape index (κ1) is 14.0. The van der Waals surface area contributed by atoms with Crippen LogP contribution in [0.15, 0.2) is 29.8 Å². The molecule has 0 spiro atoms. The van der Waals surface area contributed by atoms with Gasteiger partial charge in [0.1, 0.15) is 5.82 Å². The van der Waals surface area contributed by atoms with Gasteiger partial charge in [-0.2, -0.15) is 0 Å². The Labute approximate surface area is 128 Å². The van der Waals surface area contributed by atoms with E-state index in [9.17, 15) is 9.18 Å². The smallest absolute Gasteiger partial charge is 0.303 e. The van der Waals surface area contributed by atoms with E-state index in [-0.39, 0.29) is 6.42 Å². The Balaban J connectivity index is 1.99. The first-order chi connectivity index (χ1) is 10.0. The molecule has 0 bridgehead atoms. The summed E-state index contributed by atoms with van der Waals surface area (Å²) in [6, 6.07) is 4.16.